The Morgan fingerprint density at radius 2 is 1.65 bits per heavy atom. The van der Waals surface area contributed by atoms with Gasteiger partial charge < -0.3 is 4.74 Å². The van der Waals surface area contributed by atoms with Gasteiger partial charge in [-0.15, -0.1) is 0 Å². The molecule has 104 valence electrons. The number of hydrogen-bond donors (Lipinski definition) is 0. The zero-order valence-corrected chi connectivity index (χ0v) is 12.7. The summed E-state index contributed by atoms with van der Waals surface area (Å²) in [7, 11) is 0. The normalized spacial score (nSPS) is 10.7. The third kappa shape index (κ3) is 3.75. The molecule has 0 saturated carbocycles. The highest BCUT2D eigenvalue weighted by atomic mass is 35.5. The molecule has 0 aliphatic carbocycles. The molecule has 0 aromatic heterocycles. The van der Waals surface area contributed by atoms with E-state index in [0.717, 1.165) is 0 Å². The highest BCUT2D eigenvalue weighted by Crippen LogP contribution is 2.23. The summed E-state index contributed by atoms with van der Waals surface area (Å²) < 4.78 is 5.58. The molecule has 0 heterocycles. The van der Waals surface area contributed by atoms with Crippen LogP contribution in [0.5, 0.6) is 5.75 Å². The quantitative estimate of drug-likeness (QED) is 0.742. The second-order valence-electron chi connectivity index (χ2n) is 4.68. The van der Waals surface area contributed by atoms with Gasteiger partial charge in [0.05, 0.1) is 6.10 Å². The van der Waals surface area contributed by atoms with Crippen LogP contribution >= 0.6 is 23.2 Å². The van der Waals surface area contributed by atoms with Crippen LogP contribution in [0.15, 0.2) is 42.5 Å². The summed E-state index contributed by atoms with van der Waals surface area (Å²) in [6.45, 7) is 3.87. The van der Waals surface area contributed by atoms with Crippen LogP contribution in [0, 0.1) is 0 Å². The first-order valence-electron chi connectivity index (χ1n) is 6.23. The molecule has 4 heteroatoms. The first kappa shape index (κ1) is 14.9. The molecule has 20 heavy (non-hydrogen) atoms. The van der Waals surface area contributed by atoms with Crippen molar-refractivity contribution in [2.75, 3.05) is 0 Å². The van der Waals surface area contributed by atoms with Crippen LogP contribution in [0.3, 0.4) is 0 Å². The summed E-state index contributed by atoms with van der Waals surface area (Å²) in [5.74, 6) is 0.530. The van der Waals surface area contributed by atoms with Gasteiger partial charge in [-0.3, -0.25) is 4.79 Å². The molecule has 0 aliphatic heterocycles. The van der Waals surface area contributed by atoms with E-state index >= 15 is 0 Å². The number of halogens is 2. The molecule has 0 amide bonds. The number of hydrogen-bond acceptors (Lipinski definition) is 2. The van der Waals surface area contributed by atoms with Crippen LogP contribution in [-0.4, -0.2) is 11.9 Å². The first-order chi connectivity index (χ1) is 9.45. The molecule has 0 aliphatic rings. The Morgan fingerprint density at radius 3 is 2.25 bits per heavy atom. The molecular weight excluding hydrogens is 295 g/mol. The number of ketones is 1. The SMILES string of the molecule is CC(C)Oc1cccc(C(=O)c2cc(Cl)cc(Cl)c2)c1. The van der Waals surface area contributed by atoms with Gasteiger partial charge in [0.15, 0.2) is 5.78 Å². The van der Waals surface area contributed by atoms with Gasteiger partial charge in [0.2, 0.25) is 0 Å². The monoisotopic (exact) mass is 308 g/mol. The summed E-state index contributed by atoms with van der Waals surface area (Å²) in [4.78, 5) is 12.4. The number of benzene rings is 2. The highest BCUT2D eigenvalue weighted by Gasteiger charge is 2.12. The predicted octanol–water partition coefficient (Wildman–Crippen LogP) is 5.01. The van der Waals surface area contributed by atoms with Crippen LogP contribution in [0.25, 0.3) is 0 Å². The second-order valence-corrected chi connectivity index (χ2v) is 5.55. The lowest BCUT2D eigenvalue weighted by atomic mass is 10.0. The van der Waals surface area contributed by atoms with Crippen molar-refractivity contribution in [2.45, 2.75) is 20.0 Å². The highest BCUT2D eigenvalue weighted by molar-refractivity contribution is 6.35. The molecule has 0 N–H and O–H groups in total. The summed E-state index contributed by atoms with van der Waals surface area (Å²) in [5, 5.41) is 0.880. The fourth-order valence-electron chi connectivity index (χ4n) is 1.83. The Morgan fingerprint density at radius 1 is 1.00 bits per heavy atom. The minimum absolute atomic E-state index is 0.0565. The van der Waals surface area contributed by atoms with E-state index in [1.165, 1.54) is 0 Å². The summed E-state index contributed by atoms with van der Waals surface area (Å²) >= 11 is 11.8. The third-order valence-electron chi connectivity index (χ3n) is 2.59. The van der Waals surface area contributed by atoms with E-state index in [-0.39, 0.29) is 11.9 Å². The molecule has 0 radical (unpaired) electrons. The van der Waals surface area contributed by atoms with Crippen LogP contribution in [0.4, 0.5) is 0 Å². The number of carbonyl (C=O) groups excluding carboxylic acids is 1. The maximum absolute atomic E-state index is 12.4. The van der Waals surface area contributed by atoms with Crippen molar-refractivity contribution >= 4 is 29.0 Å². The molecular formula is C16H14Cl2O2. The Labute approximate surface area is 128 Å². The van der Waals surface area contributed by atoms with Crippen molar-refractivity contribution in [2.24, 2.45) is 0 Å². The Balaban J connectivity index is 2.33. The molecule has 0 atom stereocenters. The lowest BCUT2D eigenvalue weighted by Crippen LogP contribution is -2.07. The zero-order valence-electron chi connectivity index (χ0n) is 11.2. The Bertz CT molecular complexity index is 616. The van der Waals surface area contributed by atoms with Crippen molar-refractivity contribution in [1.29, 1.82) is 0 Å². The molecule has 0 saturated heterocycles. The molecule has 0 bridgehead atoms. The van der Waals surface area contributed by atoms with E-state index in [4.69, 9.17) is 27.9 Å². The summed E-state index contributed by atoms with van der Waals surface area (Å²) in [5.41, 5.74) is 1.01. The standard InChI is InChI=1S/C16H14Cl2O2/c1-10(2)20-15-5-3-4-11(8-15)16(19)12-6-13(17)9-14(18)7-12/h3-10H,1-2H3. The van der Waals surface area contributed by atoms with E-state index in [0.29, 0.717) is 26.9 Å². The van der Waals surface area contributed by atoms with E-state index < -0.39 is 0 Å². The molecule has 2 aromatic carbocycles. The number of rotatable bonds is 4. The topological polar surface area (TPSA) is 26.3 Å². The maximum Gasteiger partial charge on any atom is 0.193 e. The smallest absolute Gasteiger partial charge is 0.193 e. The van der Waals surface area contributed by atoms with E-state index in [9.17, 15) is 4.79 Å². The average molecular weight is 309 g/mol. The third-order valence-corrected chi connectivity index (χ3v) is 3.03. The van der Waals surface area contributed by atoms with Crippen LogP contribution in [0.1, 0.15) is 29.8 Å². The van der Waals surface area contributed by atoms with Crippen molar-refractivity contribution < 1.29 is 9.53 Å². The maximum atomic E-state index is 12.4. The average Bonchev–Trinajstić information content (AvgIpc) is 2.36. The minimum atomic E-state index is -0.136. The van der Waals surface area contributed by atoms with Crippen molar-refractivity contribution in [1.82, 2.24) is 0 Å². The molecule has 0 fully saturated rings. The summed E-state index contributed by atoms with van der Waals surface area (Å²) in [6, 6.07) is 11.9. The Hall–Kier alpha value is -1.51. The molecule has 2 rings (SSSR count). The van der Waals surface area contributed by atoms with Gasteiger partial charge >= 0.3 is 0 Å². The lowest BCUT2D eigenvalue weighted by Gasteiger charge is -2.10. The number of ether oxygens (including phenoxy) is 1. The minimum Gasteiger partial charge on any atom is -0.491 e. The van der Waals surface area contributed by atoms with E-state index in [1.807, 2.05) is 19.9 Å². The second kappa shape index (κ2) is 6.29. The fourth-order valence-corrected chi connectivity index (χ4v) is 2.36. The van der Waals surface area contributed by atoms with E-state index in [1.54, 1.807) is 36.4 Å². The van der Waals surface area contributed by atoms with Crippen LogP contribution in [0.2, 0.25) is 10.0 Å². The van der Waals surface area contributed by atoms with Gasteiger partial charge in [0, 0.05) is 21.2 Å². The van der Waals surface area contributed by atoms with Gasteiger partial charge in [-0.05, 0) is 44.2 Å². The van der Waals surface area contributed by atoms with Crippen molar-refractivity contribution in [3.8, 4) is 5.75 Å². The Kier molecular flexibility index (Phi) is 4.69. The largest absolute Gasteiger partial charge is 0.491 e. The van der Waals surface area contributed by atoms with Crippen LogP contribution in [-0.2, 0) is 0 Å². The van der Waals surface area contributed by atoms with Gasteiger partial charge in [-0.2, -0.15) is 0 Å². The van der Waals surface area contributed by atoms with Crippen LogP contribution < -0.4 is 4.74 Å². The molecule has 0 unspecified atom stereocenters. The molecule has 0 spiro atoms. The van der Waals surface area contributed by atoms with E-state index in [2.05, 4.69) is 0 Å². The van der Waals surface area contributed by atoms with Gasteiger partial charge in [0.25, 0.3) is 0 Å². The van der Waals surface area contributed by atoms with Gasteiger partial charge in [-0.25, -0.2) is 0 Å². The van der Waals surface area contributed by atoms with Gasteiger partial charge in [-0.1, -0.05) is 35.3 Å². The van der Waals surface area contributed by atoms with Crippen molar-refractivity contribution in [3.63, 3.8) is 0 Å². The number of carbonyl (C=O) groups is 1. The first-order valence-corrected chi connectivity index (χ1v) is 6.99. The van der Waals surface area contributed by atoms with Gasteiger partial charge in [0.1, 0.15) is 5.75 Å². The predicted molar refractivity (Wildman–Crippen MR) is 82.1 cm³/mol. The lowest BCUT2D eigenvalue weighted by molar-refractivity contribution is 0.103. The summed E-state index contributed by atoms with van der Waals surface area (Å²) in [6.07, 6.45) is 0.0565. The van der Waals surface area contributed by atoms with Crippen molar-refractivity contribution in [3.05, 3.63) is 63.6 Å². The molecule has 2 nitrogen and oxygen atoms in total. The zero-order chi connectivity index (χ0) is 14.7. The molecule has 2 aromatic rings. The fraction of sp³-hybridized carbons (Fsp3) is 0.188.